The third kappa shape index (κ3) is 2.96. The van der Waals surface area contributed by atoms with E-state index in [1.54, 1.807) is 6.33 Å². The SMILES string of the molecule is CC(C)c1cc(N[C@@H](C)CO)ncn1. The lowest BCUT2D eigenvalue weighted by molar-refractivity contribution is 0.281. The van der Waals surface area contributed by atoms with E-state index in [9.17, 15) is 0 Å². The van der Waals surface area contributed by atoms with Crippen LogP contribution in [0.15, 0.2) is 12.4 Å². The van der Waals surface area contributed by atoms with Gasteiger partial charge in [0.25, 0.3) is 0 Å². The van der Waals surface area contributed by atoms with Crippen molar-refractivity contribution in [3.05, 3.63) is 18.1 Å². The first-order valence-electron chi connectivity index (χ1n) is 4.82. The van der Waals surface area contributed by atoms with E-state index in [1.165, 1.54) is 0 Å². The number of aliphatic hydroxyl groups excluding tert-OH is 1. The Labute approximate surface area is 84.4 Å². The van der Waals surface area contributed by atoms with Gasteiger partial charge in [0, 0.05) is 17.8 Å². The molecule has 0 fully saturated rings. The average molecular weight is 195 g/mol. The Bertz CT molecular complexity index is 288. The molecular weight excluding hydrogens is 178 g/mol. The van der Waals surface area contributed by atoms with Crippen LogP contribution in [0.3, 0.4) is 0 Å². The summed E-state index contributed by atoms with van der Waals surface area (Å²) in [6.07, 6.45) is 1.54. The van der Waals surface area contributed by atoms with Gasteiger partial charge in [-0.3, -0.25) is 0 Å². The van der Waals surface area contributed by atoms with Gasteiger partial charge in [0.15, 0.2) is 0 Å². The zero-order valence-electron chi connectivity index (χ0n) is 8.86. The summed E-state index contributed by atoms with van der Waals surface area (Å²) < 4.78 is 0. The highest BCUT2D eigenvalue weighted by Gasteiger charge is 2.04. The van der Waals surface area contributed by atoms with Crippen molar-refractivity contribution in [3.63, 3.8) is 0 Å². The molecule has 0 aliphatic carbocycles. The van der Waals surface area contributed by atoms with Crippen LogP contribution in [0.25, 0.3) is 0 Å². The van der Waals surface area contributed by atoms with Crippen LogP contribution in [0, 0.1) is 0 Å². The smallest absolute Gasteiger partial charge is 0.129 e. The first kappa shape index (κ1) is 10.9. The second kappa shape index (κ2) is 4.91. The van der Waals surface area contributed by atoms with Crippen molar-refractivity contribution < 1.29 is 5.11 Å². The molecule has 0 aromatic carbocycles. The third-order valence-electron chi connectivity index (χ3n) is 1.95. The Balaban J connectivity index is 2.73. The largest absolute Gasteiger partial charge is 0.394 e. The van der Waals surface area contributed by atoms with Gasteiger partial charge >= 0.3 is 0 Å². The lowest BCUT2D eigenvalue weighted by atomic mass is 10.1. The van der Waals surface area contributed by atoms with Crippen molar-refractivity contribution in [2.75, 3.05) is 11.9 Å². The normalized spacial score (nSPS) is 12.9. The number of nitrogens with zero attached hydrogens (tertiary/aromatic N) is 2. The van der Waals surface area contributed by atoms with Crippen LogP contribution in [-0.2, 0) is 0 Å². The molecule has 0 amide bonds. The number of anilines is 1. The number of aliphatic hydroxyl groups is 1. The third-order valence-corrected chi connectivity index (χ3v) is 1.95. The Morgan fingerprint density at radius 1 is 1.36 bits per heavy atom. The molecule has 1 rings (SSSR count). The maximum absolute atomic E-state index is 8.87. The monoisotopic (exact) mass is 195 g/mol. The van der Waals surface area contributed by atoms with Crippen LogP contribution in [-0.4, -0.2) is 27.7 Å². The van der Waals surface area contributed by atoms with E-state index in [2.05, 4.69) is 29.1 Å². The first-order valence-corrected chi connectivity index (χ1v) is 4.82. The molecule has 78 valence electrons. The highest BCUT2D eigenvalue weighted by atomic mass is 16.3. The number of aromatic nitrogens is 2. The summed E-state index contributed by atoms with van der Waals surface area (Å²) in [6, 6.07) is 1.93. The molecule has 1 heterocycles. The summed E-state index contributed by atoms with van der Waals surface area (Å²) in [6.45, 7) is 6.17. The van der Waals surface area contributed by atoms with Crippen molar-refractivity contribution in [2.24, 2.45) is 0 Å². The molecular formula is C10H17N3O. The molecule has 0 saturated heterocycles. The zero-order valence-corrected chi connectivity index (χ0v) is 8.86. The summed E-state index contributed by atoms with van der Waals surface area (Å²) in [4.78, 5) is 8.23. The Kier molecular flexibility index (Phi) is 3.83. The van der Waals surface area contributed by atoms with Gasteiger partial charge in [-0.1, -0.05) is 13.8 Å². The van der Waals surface area contributed by atoms with Crippen LogP contribution < -0.4 is 5.32 Å². The summed E-state index contributed by atoms with van der Waals surface area (Å²) in [5.74, 6) is 1.16. The second-order valence-corrected chi connectivity index (χ2v) is 3.71. The van der Waals surface area contributed by atoms with Crippen LogP contribution in [0.4, 0.5) is 5.82 Å². The maximum atomic E-state index is 8.87. The molecule has 1 aromatic heterocycles. The summed E-state index contributed by atoms with van der Waals surface area (Å²) in [5.41, 5.74) is 1.01. The van der Waals surface area contributed by atoms with Gasteiger partial charge in [-0.05, 0) is 12.8 Å². The molecule has 14 heavy (non-hydrogen) atoms. The lowest BCUT2D eigenvalue weighted by Crippen LogP contribution is -2.20. The number of rotatable bonds is 4. The maximum Gasteiger partial charge on any atom is 0.129 e. The van der Waals surface area contributed by atoms with Gasteiger partial charge in [0.2, 0.25) is 0 Å². The standard InChI is InChI=1S/C10H17N3O/c1-7(2)9-4-10(12-6-11-9)13-8(3)5-14/h4,6-8,14H,5H2,1-3H3,(H,11,12,13)/t8-/m0/s1. The second-order valence-electron chi connectivity index (χ2n) is 3.71. The van der Waals surface area contributed by atoms with Gasteiger partial charge in [0.1, 0.15) is 12.1 Å². The van der Waals surface area contributed by atoms with Crippen LogP contribution >= 0.6 is 0 Å². The fourth-order valence-electron chi connectivity index (χ4n) is 1.07. The number of hydrogen-bond acceptors (Lipinski definition) is 4. The molecule has 0 bridgehead atoms. The Morgan fingerprint density at radius 3 is 2.64 bits per heavy atom. The van der Waals surface area contributed by atoms with Crippen LogP contribution in [0.2, 0.25) is 0 Å². The van der Waals surface area contributed by atoms with Crippen LogP contribution in [0.5, 0.6) is 0 Å². The summed E-state index contributed by atoms with van der Waals surface area (Å²) >= 11 is 0. The van der Waals surface area contributed by atoms with E-state index >= 15 is 0 Å². The Hall–Kier alpha value is -1.16. The fourth-order valence-corrected chi connectivity index (χ4v) is 1.07. The summed E-state index contributed by atoms with van der Waals surface area (Å²) in [5, 5.41) is 12.0. The van der Waals surface area contributed by atoms with Gasteiger partial charge in [-0.15, -0.1) is 0 Å². The van der Waals surface area contributed by atoms with Crippen molar-refractivity contribution in [3.8, 4) is 0 Å². The van der Waals surface area contributed by atoms with Gasteiger partial charge in [0.05, 0.1) is 6.61 Å². The summed E-state index contributed by atoms with van der Waals surface area (Å²) in [7, 11) is 0. The van der Waals surface area contributed by atoms with Crippen molar-refractivity contribution in [1.29, 1.82) is 0 Å². The van der Waals surface area contributed by atoms with E-state index in [1.807, 2.05) is 13.0 Å². The van der Waals surface area contributed by atoms with Crippen molar-refractivity contribution >= 4 is 5.82 Å². The van der Waals surface area contributed by atoms with E-state index in [0.29, 0.717) is 5.92 Å². The van der Waals surface area contributed by atoms with E-state index in [-0.39, 0.29) is 12.6 Å². The molecule has 1 aromatic rings. The zero-order chi connectivity index (χ0) is 10.6. The predicted octanol–water partition coefficient (Wildman–Crippen LogP) is 1.39. The molecule has 0 saturated carbocycles. The molecule has 0 aliphatic heterocycles. The fraction of sp³-hybridized carbons (Fsp3) is 0.600. The molecule has 0 radical (unpaired) electrons. The molecule has 1 atom stereocenters. The van der Waals surface area contributed by atoms with Gasteiger partial charge in [-0.2, -0.15) is 0 Å². The lowest BCUT2D eigenvalue weighted by Gasteiger charge is -2.12. The van der Waals surface area contributed by atoms with Gasteiger partial charge < -0.3 is 10.4 Å². The quantitative estimate of drug-likeness (QED) is 0.762. The highest BCUT2D eigenvalue weighted by Crippen LogP contribution is 2.13. The van der Waals surface area contributed by atoms with Crippen molar-refractivity contribution in [2.45, 2.75) is 32.7 Å². The minimum atomic E-state index is 0.0184. The molecule has 0 aliphatic rings. The molecule has 2 N–H and O–H groups in total. The molecule has 4 nitrogen and oxygen atoms in total. The minimum absolute atomic E-state index is 0.0184. The van der Waals surface area contributed by atoms with E-state index in [0.717, 1.165) is 11.5 Å². The van der Waals surface area contributed by atoms with Crippen LogP contribution in [0.1, 0.15) is 32.4 Å². The number of hydrogen-bond donors (Lipinski definition) is 2. The average Bonchev–Trinajstić information content (AvgIpc) is 2.18. The first-order chi connectivity index (χ1) is 6.63. The Morgan fingerprint density at radius 2 is 2.07 bits per heavy atom. The minimum Gasteiger partial charge on any atom is -0.394 e. The predicted molar refractivity (Wildman–Crippen MR) is 56.3 cm³/mol. The number of nitrogens with one attached hydrogen (secondary N) is 1. The van der Waals surface area contributed by atoms with E-state index in [4.69, 9.17) is 5.11 Å². The molecule has 0 unspecified atom stereocenters. The van der Waals surface area contributed by atoms with Gasteiger partial charge in [-0.25, -0.2) is 9.97 Å². The van der Waals surface area contributed by atoms with Crippen molar-refractivity contribution in [1.82, 2.24) is 9.97 Å². The topological polar surface area (TPSA) is 58.0 Å². The highest BCUT2D eigenvalue weighted by molar-refractivity contribution is 5.36. The molecule has 4 heteroatoms. The van der Waals surface area contributed by atoms with E-state index < -0.39 is 0 Å². The molecule has 0 spiro atoms.